The molecule has 0 spiro atoms. The van der Waals surface area contributed by atoms with Gasteiger partial charge in [0.15, 0.2) is 16.6 Å². The van der Waals surface area contributed by atoms with Crippen molar-refractivity contribution in [2.75, 3.05) is 20.8 Å². The minimum absolute atomic E-state index is 0.465. The number of ether oxygens (including phenoxy) is 2. The van der Waals surface area contributed by atoms with Crippen LogP contribution < -0.4 is 20.2 Å². The van der Waals surface area contributed by atoms with E-state index < -0.39 is 0 Å². The van der Waals surface area contributed by atoms with E-state index in [4.69, 9.17) is 21.7 Å². The fourth-order valence-electron chi connectivity index (χ4n) is 1.32. The van der Waals surface area contributed by atoms with E-state index >= 15 is 0 Å². The fourth-order valence-corrected chi connectivity index (χ4v) is 1.37. The lowest BCUT2D eigenvalue weighted by Gasteiger charge is -2.10. The summed E-state index contributed by atoms with van der Waals surface area (Å²) in [6.07, 6.45) is 2.61. The molecule has 0 aromatic heterocycles. The molecule has 1 aromatic carbocycles. The van der Waals surface area contributed by atoms with Gasteiger partial charge in [-0.25, -0.2) is 0 Å². The maximum atomic E-state index is 5.62. The van der Waals surface area contributed by atoms with Crippen LogP contribution in [0.2, 0.25) is 0 Å². The summed E-state index contributed by atoms with van der Waals surface area (Å²) in [4.78, 5) is 0. The number of benzene rings is 1. The molecule has 0 amide bonds. The molecule has 6 heteroatoms. The number of methoxy groups -OCH3 is 1. The summed E-state index contributed by atoms with van der Waals surface area (Å²) >= 11 is 4.91. The highest BCUT2D eigenvalue weighted by molar-refractivity contribution is 7.80. The van der Waals surface area contributed by atoms with Gasteiger partial charge in [0.05, 0.1) is 19.9 Å². The largest absolute Gasteiger partial charge is 0.493 e. The van der Waals surface area contributed by atoms with Crippen molar-refractivity contribution in [1.82, 2.24) is 10.7 Å². The summed E-state index contributed by atoms with van der Waals surface area (Å²) < 4.78 is 10.9. The van der Waals surface area contributed by atoms with E-state index in [0.717, 1.165) is 12.0 Å². The summed E-state index contributed by atoms with van der Waals surface area (Å²) in [7, 11) is 3.35. The predicted molar refractivity (Wildman–Crippen MR) is 81.2 cm³/mol. The van der Waals surface area contributed by atoms with Crippen LogP contribution in [0.1, 0.15) is 18.9 Å². The average molecular weight is 281 g/mol. The molecule has 0 aliphatic rings. The summed E-state index contributed by atoms with van der Waals surface area (Å²) in [5.74, 6) is 1.42. The second-order valence-electron chi connectivity index (χ2n) is 3.71. The third-order valence-corrected chi connectivity index (χ3v) is 2.55. The zero-order valence-corrected chi connectivity index (χ0v) is 12.2. The number of hydrogen-bond donors (Lipinski definition) is 2. The number of hydrazone groups is 1. The highest BCUT2D eigenvalue weighted by Crippen LogP contribution is 2.27. The van der Waals surface area contributed by atoms with Gasteiger partial charge in [0.25, 0.3) is 0 Å². The summed E-state index contributed by atoms with van der Waals surface area (Å²) in [5, 5.41) is 7.25. The van der Waals surface area contributed by atoms with Gasteiger partial charge in [-0.1, -0.05) is 6.92 Å². The third kappa shape index (κ3) is 5.13. The first-order valence-corrected chi connectivity index (χ1v) is 6.43. The molecule has 1 aromatic rings. The standard InChI is InChI=1S/C13H19N3O2S/c1-4-7-18-12-8-10(5-6-11(12)17-3)9-15-16-13(19)14-2/h5-6,8-9H,4,7H2,1-3H3,(H2,14,16,19)/b15-9+. The Morgan fingerprint density at radius 2 is 2.21 bits per heavy atom. The SMILES string of the molecule is CCCOc1cc(/C=N/NC(=S)NC)ccc1OC. The van der Waals surface area contributed by atoms with Crippen LogP contribution in [-0.2, 0) is 0 Å². The first kappa shape index (κ1) is 15.2. The van der Waals surface area contributed by atoms with Crippen molar-refractivity contribution in [2.45, 2.75) is 13.3 Å². The van der Waals surface area contributed by atoms with Crippen LogP contribution in [0.25, 0.3) is 0 Å². The molecule has 0 aliphatic carbocycles. The molecular formula is C13H19N3O2S. The quantitative estimate of drug-likeness (QED) is 0.474. The number of rotatable bonds is 6. The van der Waals surface area contributed by atoms with E-state index in [1.165, 1.54) is 0 Å². The molecule has 0 heterocycles. The Balaban J connectivity index is 2.76. The smallest absolute Gasteiger partial charge is 0.186 e. The monoisotopic (exact) mass is 281 g/mol. The Morgan fingerprint density at radius 3 is 2.84 bits per heavy atom. The molecule has 0 saturated heterocycles. The van der Waals surface area contributed by atoms with Crippen molar-refractivity contribution in [1.29, 1.82) is 0 Å². The Hall–Kier alpha value is -1.82. The molecule has 0 saturated carbocycles. The van der Waals surface area contributed by atoms with Crippen molar-refractivity contribution in [3.8, 4) is 11.5 Å². The van der Waals surface area contributed by atoms with Gasteiger partial charge in [0.1, 0.15) is 0 Å². The number of thiocarbonyl (C=S) groups is 1. The zero-order chi connectivity index (χ0) is 14.1. The van der Waals surface area contributed by atoms with E-state index in [1.807, 2.05) is 18.2 Å². The minimum atomic E-state index is 0.465. The van der Waals surface area contributed by atoms with Gasteiger partial charge in [-0.3, -0.25) is 5.43 Å². The van der Waals surface area contributed by atoms with Gasteiger partial charge in [0.2, 0.25) is 0 Å². The van der Waals surface area contributed by atoms with E-state index in [2.05, 4.69) is 22.8 Å². The number of hydrogen-bond acceptors (Lipinski definition) is 4. The van der Waals surface area contributed by atoms with Crippen LogP contribution in [0.5, 0.6) is 11.5 Å². The molecule has 1 rings (SSSR count). The molecule has 19 heavy (non-hydrogen) atoms. The van der Waals surface area contributed by atoms with Gasteiger partial charge >= 0.3 is 0 Å². The third-order valence-electron chi connectivity index (χ3n) is 2.26. The zero-order valence-electron chi connectivity index (χ0n) is 11.4. The summed E-state index contributed by atoms with van der Waals surface area (Å²) in [6.45, 7) is 2.71. The fraction of sp³-hybridized carbons (Fsp3) is 0.385. The first-order valence-electron chi connectivity index (χ1n) is 6.02. The Labute approximate surface area is 119 Å². The molecule has 0 radical (unpaired) electrons. The molecule has 2 N–H and O–H groups in total. The number of nitrogens with zero attached hydrogens (tertiary/aromatic N) is 1. The van der Waals surface area contributed by atoms with E-state index in [1.54, 1.807) is 20.4 Å². The van der Waals surface area contributed by atoms with E-state index in [9.17, 15) is 0 Å². The molecule has 0 bridgehead atoms. The average Bonchev–Trinajstić information content (AvgIpc) is 2.45. The second-order valence-corrected chi connectivity index (χ2v) is 4.12. The lowest BCUT2D eigenvalue weighted by molar-refractivity contribution is 0.294. The van der Waals surface area contributed by atoms with E-state index in [-0.39, 0.29) is 0 Å². The van der Waals surface area contributed by atoms with E-state index in [0.29, 0.717) is 23.2 Å². The Bertz CT molecular complexity index is 450. The molecule has 0 fully saturated rings. The summed E-state index contributed by atoms with van der Waals surface area (Å²) in [6, 6.07) is 5.62. The van der Waals surface area contributed by atoms with Crippen LogP contribution in [0, 0.1) is 0 Å². The van der Waals surface area contributed by atoms with Crippen molar-refractivity contribution in [3.05, 3.63) is 23.8 Å². The minimum Gasteiger partial charge on any atom is -0.493 e. The molecule has 0 aliphatic heterocycles. The topological polar surface area (TPSA) is 54.9 Å². The summed E-state index contributed by atoms with van der Waals surface area (Å²) in [5.41, 5.74) is 3.59. The Morgan fingerprint density at radius 1 is 1.42 bits per heavy atom. The van der Waals surface area contributed by atoms with Gasteiger partial charge in [-0.05, 0) is 42.4 Å². The maximum absolute atomic E-state index is 5.62. The van der Waals surface area contributed by atoms with Crippen molar-refractivity contribution in [2.24, 2.45) is 5.10 Å². The van der Waals surface area contributed by atoms with Crippen LogP contribution in [0.15, 0.2) is 23.3 Å². The normalized spacial score (nSPS) is 10.3. The van der Waals surface area contributed by atoms with Gasteiger partial charge < -0.3 is 14.8 Å². The van der Waals surface area contributed by atoms with Crippen molar-refractivity contribution < 1.29 is 9.47 Å². The molecular weight excluding hydrogens is 262 g/mol. The first-order chi connectivity index (χ1) is 9.21. The highest BCUT2D eigenvalue weighted by atomic mass is 32.1. The lowest BCUT2D eigenvalue weighted by atomic mass is 10.2. The molecule has 0 atom stereocenters. The Kier molecular flexibility index (Phi) is 6.67. The van der Waals surface area contributed by atoms with Crippen molar-refractivity contribution in [3.63, 3.8) is 0 Å². The van der Waals surface area contributed by atoms with Crippen LogP contribution in [0.4, 0.5) is 0 Å². The van der Waals surface area contributed by atoms with Crippen LogP contribution in [-0.4, -0.2) is 32.1 Å². The molecule has 5 nitrogen and oxygen atoms in total. The highest BCUT2D eigenvalue weighted by Gasteiger charge is 2.04. The van der Waals surface area contributed by atoms with Gasteiger partial charge in [-0.2, -0.15) is 5.10 Å². The molecule has 0 unspecified atom stereocenters. The number of nitrogens with one attached hydrogen (secondary N) is 2. The van der Waals surface area contributed by atoms with Gasteiger partial charge in [-0.15, -0.1) is 0 Å². The second kappa shape index (κ2) is 8.31. The van der Waals surface area contributed by atoms with Gasteiger partial charge in [0, 0.05) is 7.05 Å². The maximum Gasteiger partial charge on any atom is 0.186 e. The van der Waals surface area contributed by atoms with Crippen LogP contribution in [0.3, 0.4) is 0 Å². The molecule has 104 valence electrons. The predicted octanol–water partition coefficient (Wildman–Crippen LogP) is 1.91. The van der Waals surface area contributed by atoms with Crippen molar-refractivity contribution >= 4 is 23.5 Å². The van der Waals surface area contributed by atoms with Crippen LogP contribution >= 0.6 is 12.2 Å². The lowest BCUT2D eigenvalue weighted by Crippen LogP contribution is -2.28.